The van der Waals surface area contributed by atoms with Crippen LogP contribution in [0.2, 0.25) is 0 Å². The molecular weight excluding hydrogens is 314 g/mol. The molecule has 0 spiro atoms. The van der Waals surface area contributed by atoms with Gasteiger partial charge in [-0.1, -0.05) is 19.8 Å². The number of hydrogen-bond donors (Lipinski definition) is 2. The average Bonchev–Trinajstić information content (AvgIpc) is 2.57. The fraction of sp³-hybridized carbons (Fsp3) is 0.875. The van der Waals surface area contributed by atoms with Gasteiger partial charge in [-0.05, 0) is 18.6 Å². The Labute approximate surface area is 143 Å². The normalized spacial score (nSPS) is 25.0. The topological polar surface area (TPSA) is 70.7 Å². The number of urea groups is 1. The third-order valence-corrected chi connectivity index (χ3v) is 5.71. The molecule has 0 radical (unpaired) electrons. The number of thioether (sulfide) groups is 1. The maximum atomic E-state index is 12.0. The molecule has 1 aliphatic heterocycles. The first-order chi connectivity index (χ1) is 11.2. The summed E-state index contributed by atoms with van der Waals surface area (Å²) in [6.45, 7) is 5.08. The van der Waals surface area contributed by atoms with Crippen LogP contribution in [-0.4, -0.2) is 66.7 Å². The Hall–Kier alpha value is -0.950. The van der Waals surface area contributed by atoms with Crippen LogP contribution < -0.4 is 10.6 Å². The van der Waals surface area contributed by atoms with E-state index in [4.69, 9.17) is 4.74 Å². The van der Waals surface area contributed by atoms with Gasteiger partial charge in [0.2, 0.25) is 5.91 Å². The van der Waals surface area contributed by atoms with Crippen LogP contribution in [-0.2, 0) is 9.53 Å². The van der Waals surface area contributed by atoms with Gasteiger partial charge >= 0.3 is 6.03 Å². The van der Waals surface area contributed by atoms with Crippen molar-refractivity contribution in [1.82, 2.24) is 15.5 Å². The molecule has 0 bridgehead atoms. The molecule has 0 aromatic heterocycles. The number of carbonyl (C=O) groups excluding carboxylic acids is 2. The Morgan fingerprint density at radius 1 is 1.22 bits per heavy atom. The maximum Gasteiger partial charge on any atom is 0.315 e. The first kappa shape index (κ1) is 18.4. The summed E-state index contributed by atoms with van der Waals surface area (Å²) in [5, 5.41) is 6.44. The molecule has 2 aliphatic rings. The van der Waals surface area contributed by atoms with Gasteiger partial charge in [0.15, 0.2) is 0 Å². The summed E-state index contributed by atoms with van der Waals surface area (Å²) in [5.74, 6) is 1.17. The highest BCUT2D eigenvalue weighted by atomic mass is 32.2. The van der Waals surface area contributed by atoms with Crippen molar-refractivity contribution in [2.75, 3.05) is 38.6 Å². The summed E-state index contributed by atoms with van der Waals surface area (Å²) in [6, 6.07) is 0.108. The van der Waals surface area contributed by atoms with Gasteiger partial charge in [-0.15, -0.1) is 0 Å². The molecule has 3 amide bonds. The first-order valence-electron chi connectivity index (χ1n) is 8.72. The fourth-order valence-corrected chi connectivity index (χ4v) is 4.35. The van der Waals surface area contributed by atoms with Crippen LogP contribution in [0.15, 0.2) is 0 Å². The van der Waals surface area contributed by atoms with E-state index in [1.165, 1.54) is 19.3 Å². The third kappa shape index (κ3) is 6.22. The van der Waals surface area contributed by atoms with Gasteiger partial charge in [0.25, 0.3) is 0 Å². The van der Waals surface area contributed by atoms with Crippen molar-refractivity contribution in [2.45, 2.75) is 50.3 Å². The van der Waals surface area contributed by atoms with Crippen LogP contribution in [0.25, 0.3) is 0 Å². The minimum atomic E-state index is -0.145. The zero-order valence-electron chi connectivity index (χ0n) is 14.0. The highest BCUT2D eigenvalue weighted by molar-refractivity contribution is 7.99. The Balaban J connectivity index is 1.64. The van der Waals surface area contributed by atoms with Crippen LogP contribution in [0.4, 0.5) is 4.79 Å². The fourth-order valence-electron chi connectivity index (χ4n) is 3.15. The number of rotatable bonds is 6. The second-order valence-corrected chi connectivity index (χ2v) is 7.54. The van der Waals surface area contributed by atoms with Crippen LogP contribution >= 0.6 is 11.8 Å². The molecule has 1 saturated heterocycles. The molecule has 0 aromatic carbocycles. The quantitative estimate of drug-likeness (QED) is 0.768. The molecule has 1 aliphatic carbocycles. The Morgan fingerprint density at radius 3 is 2.70 bits per heavy atom. The number of amides is 3. The van der Waals surface area contributed by atoms with Crippen molar-refractivity contribution in [3.63, 3.8) is 0 Å². The van der Waals surface area contributed by atoms with E-state index >= 15 is 0 Å². The van der Waals surface area contributed by atoms with Crippen LogP contribution in [0.3, 0.4) is 0 Å². The van der Waals surface area contributed by atoms with Crippen LogP contribution in [0, 0.1) is 0 Å². The highest BCUT2D eigenvalue weighted by Gasteiger charge is 2.26. The molecule has 2 atom stereocenters. The van der Waals surface area contributed by atoms with Gasteiger partial charge < -0.3 is 20.3 Å². The van der Waals surface area contributed by atoms with Crippen molar-refractivity contribution in [3.05, 3.63) is 0 Å². The molecule has 0 unspecified atom stereocenters. The molecular formula is C16H29N3O3S. The van der Waals surface area contributed by atoms with E-state index < -0.39 is 0 Å². The van der Waals surface area contributed by atoms with Crippen LogP contribution in [0.1, 0.15) is 39.0 Å². The molecule has 2 N–H and O–H groups in total. The molecule has 6 nitrogen and oxygen atoms in total. The Morgan fingerprint density at radius 2 is 1.96 bits per heavy atom. The predicted octanol–water partition coefficient (Wildman–Crippen LogP) is 1.60. The number of nitrogens with one attached hydrogen (secondary N) is 2. The molecule has 132 valence electrons. The van der Waals surface area contributed by atoms with Gasteiger partial charge in [-0.3, -0.25) is 4.79 Å². The molecule has 2 fully saturated rings. The van der Waals surface area contributed by atoms with E-state index in [1.54, 1.807) is 4.90 Å². The molecule has 23 heavy (non-hydrogen) atoms. The Kier molecular flexibility index (Phi) is 8.02. The molecule has 2 rings (SSSR count). The van der Waals surface area contributed by atoms with Gasteiger partial charge in [-0.2, -0.15) is 11.8 Å². The monoisotopic (exact) mass is 343 g/mol. The number of nitrogens with zero attached hydrogens (tertiary/aromatic N) is 1. The SMILES string of the molecule is CCS[C@@H]1CCCC[C@H]1NC(=O)NCCC(=O)N1CCOCC1. The zero-order valence-corrected chi connectivity index (χ0v) is 14.8. The summed E-state index contributed by atoms with van der Waals surface area (Å²) < 4.78 is 5.23. The van der Waals surface area contributed by atoms with E-state index in [2.05, 4.69) is 17.6 Å². The number of hydrogen-bond acceptors (Lipinski definition) is 4. The van der Waals surface area contributed by atoms with Gasteiger partial charge in [0, 0.05) is 37.3 Å². The summed E-state index contributed by atoms with van der Waals surface area (Å²) in [4.78, 5) is 25.8. The van der Waals surface area contributed by atoms with Crippen molar-refractivity contribution in [3.8, 4) is 0 Å². The maximum absolute atomic E-state index is 12.0. The average molecular weight is 343 g/mol. The van der Waals surface area contributed by atoms with E-state index in [9.17, 15) is 9.59 Å². The second-order valence-electron chi connectivity index (χ2n) is 6.03. The summed E-state index contributed by atoms with van der Waals surface area (Å²) in [5.41, 5.74) is 0. The van der Waals surface area contributed by atoms with Crippen molar-refractivity contribution >= 4 is 23.7 Å². The Bertz CT molecular complexity index is 387. The number of carbonyl (C=O) groups is 2. The largest absolute Gasteiger partial charge is 0.378 e. The molecule has 1 saturated carbocycles. The lowest BCUT2D eigenvalue weighted by Gasteiger charge is -2.31. The lowest BCUT2D eigenvalue weighted by Crippen LogP contribution is -2.49. The zero-order chi connectivity index (χ0) is 16.5. The van der Waals surface area contributed by atoms with Crippen molar-refractivity contribution < 1.29 is 14.3 Å². The number of morpholine rings is 1. The van der Waals surface area contributed by atoms with Crippen molar-refractivity contribution in [1.29, 1.82) is 0 Å². The number of ether oxygens (including phenoxy) is 1. The molecule has 1 heterocycles. The molecule has 0 aromatic rings. The molecule has 7 heteroatoms. The lowest BCUT2D eigenvalue weighted by molar-refractivity contribution is -0.135. The van der Waals surface area contributed by atoms with Gasteiger partial charge in [-0.25, -0.2) is 4.79 Å². The minimum Gasteiger partial charge on any atom is -0.378 e. The first-order valence-corrected chi connectivity index (χ1v) is 9.77. The van der Waals surface area contributed by atoms with E-state index in [-0.39, 0.29) is 18.0 Å². The van der Waals surface area contributed by atoms with E-state index in [1.807, 2.05) is 11.8 Å². The standard InChI is InChI=1S/C16H29N3O3S/c1-2-23-14-6-4-3-5-13(14)18-16(21)17-8-7-15(20)19-9-11-22-12-10-19/h13-14H,2-12H2,1H3,(H2,17,18,21)/t13-,14-/m1/s1. The van der Waals surface area contributed by atoms with Crippen LogP contribution in [0.5, 0.6) is 0 Å². The highest BCUT2D eigenvalue weighted by Crippen LogP contribution is 2.28. The second kappa shape index (κ2) is 10.0. The summed E-state index contributed by atoms with van der Waals surface area (Å²) in [6.07, 6.45) is 5.02. The summed E-state index contributed by atoms with van der Waals surface area (Å²) in [7, 11) is 0. The minimum absolute atomic E-state index is 0.0886. The van der Waals surface area contributed by atoms with Gasteiger partial charge in [0.05, 0.1) is 13.2 Å². The van der Waals surface area contributed by atoms with E-state index in [0.29, 0.717) is 44.5 Å². The predicted molar refractivity (Wildman–Crippen MR) is 92.7 cm³/mol. The van der Waals surface area contributed by atoms with Gasteiger partial charge in [0.1, 0.15) is 0 Å². The van der Waals surface area contributed by atoms with E-state index in [0.717, 1.165) is 12.2 Å². The lowest BCUT2D eigenvalue weighted by atomic mass is 9.95. The third-order valence-electron chi connectivity index (χ3n) is 4.39. The smallest absolute Gasteiger partial charge is 0.315 e. The van der Waals surface area contributed by atoms with Crippen molar-refractivity contribution in [2.24, 2.45) is 0 Å². The summed E-state index contributed by atoms with van der Waals surface area (Å²) >= 11 is 1.93.